The number of rotatable bonds is 4. The summed E-state index contributed by atoms with van der Waals surface area (Å²) in [6.45, 7) is 3.96. The number of carbonyl (C=O) groups excluding carboxylic acids is 2. The quantitative estimate of drug-likeness (QED) is 0.795. The number of nitrogens with one attached hydrogen (secondary N) is 1. The van der Waals surface area contributed by atoms with Gasteiger partial charge in [-0.2, -0.15) is 0 Å². The maximum absolute atomic E-state index is 11.9. The van der Waals surface area contributed by atoms with Gasteiger partial charge in [-0.25, -0.2) is 4.79 Å². The summed E-state index contributed by atoms with van der Waals surface area (Å²) in [4.78, 5) is 35.3. The van der Waals surface area contributed by atoms with Crippen molar-refractivity contribution in [1.82, 2.24) is 10.2 Å². The number of imide groups is 1. The van der Waals surface area contributed by atoms with Gasteiger partial charge in [-0.1, -0.05) is 6.92 Å². The number of carboxylic acid groups (broad SMARTS) is 1. The molecule has 2 unspecified atom stereocenters. The van der Waals surface area contributed by atoms with Crippen molar-refractivity contribution in [3.05, 3.63) is 0 Å². The van der Waals surface area contributed by atoms with Crippen LogP contribution in [0.25, 0.3) is 0 Å². The van der Waals surface area contributed by atoms with Gasteiger partial charge in [0.1, 0.15) is 0 Å². The van der Waals surface area contributed by atoms with Gasteiger partial charge in [0.25, 0.3) is 0 Å². The van der Waals surface area contributed by atoms with Gasteiger partial charge < -0.3 is 10.0 Å². The Balaban J connectivity index is 2.48. The maximum Gasteiger partial charge on any atom is 0.324 e. The third-order valence-electron chi connectivity index (χ3n) is 3.30. The molecule has 0 aliphatic carbocycles. The molecule has 18 heavy (non-hydrogen) atoms. The van der Waals surface area contributed by atoms with Crippen molar-refractivity contribution in [3.63, 3.8) is 0 Å². The second kappa shape index (κ2) is 6.37. The Morgan fingerprint density at radius 1 is 1.28 bits per heavy atom. The minimum Gasteiger partial charge on any atom is -0.481 e. The zero-order valence-electron chi connectivity index (χ0n) is 10.8. The molecule has 0 aromatic rings. The first-order valence-electron chi connectivity index (χ1n) is 6.29. The topological polar surface area (TPSA) is 86.7 Å². The molecule has 0 aromatic carbocycles. The SMILES string of the molecule is CCC1CCC(C)N1C(=O)NC(=O)CCC(=O)O. The Morgan fingerprint density at radius 2 is 1.94 bits per heavy atom. The standard InChI is InChI=1S/C12H20N2O4/c1-3-9-5-4-8(2)14(9)12(18)13-10(15)6-7-11(16)17/h8-9H,3-7H2,1-2H3,(H,16,17)(H,13,15,18). The van der Waals surface area contributed by atoms with Crippen molar-refractivity contribution >= 4 is 17.9 Å². The van der Waals surface area contributed by atoms with Crippen molar-refractivity contribution in [3.8, 4) is 0 Å². The highest BCUT2D eigenvalue weighted by Crippen LogP contribution is 2.25. The Hall–Kier alpha value is -1.59. The summed E-state index contributed by atoms with van der Waals surface area (Å²) in [7, 11) is 0. The molecule has 6 nitrogen and oxygen atoms in total. The van der Waals surface area contributed by atoms with Crippen LogP contribution in [0.2, 0.25) is 0 Å². The van der Waals surface area contributed by atoms with Gasteiger partial charge in [0.2, 0.25) is 5.91 Å². The Bertz CT molecular complexity index is 343. The fourth-order valence-corrected chi connectivity index (χ4v) is 2.31. The molecule has 1 rings (SSSR count). The molecular formula is C12H20N2O4. The minimum atomic E-state index is -1.04. The normalized spacial score (nSPS) is 22.9. The Morgan fingerprint density at radius 3 is 2.50 bits per heavy atom. The second-order valence-electron chi connectivity index (χ2n) is 4.64. The predicted molar refractivity (Wildman–Crippen MR) is 65.0 cm³/mol. The monoisotopic (exact) mass is 256 g/mol. The van der Waals surface area contributed by atoms with E-state index in [0.29, 0.717) is 0 Å². The van der Waals surface area contributed by atoms with Gasteiger partial charge in [-0.3, -0.25) is 14.9 Å². The lowest BCUT2D eigenvalue weighted by atomic mass is 10.2. The van der Waals surface area contributed by atoms with E-state index in [1.54, 1.807) is 4.90 Å². The summed E-state index contributed by atoms with van der Waals surface area (Å²) in [5, 5.41) is 10.7. The average Bonchev–Trinajstić information content (AvgIpc) is 2.67. The molecule has 0 radical (unpaired) electrons. The number of likely N-dealkylation sites (tertiary alicyclic amines) is 1. The zero-order valence-corrected chi connectivity index (χ0v) is 10.8. The van der Waals surface area contributed by atoms with Gasteiger partial charge in [0.15, 0.2) is 0 Å². The lowest BCUT2D eigenvalue weighted by Gasteiger charge is -2.27. The molecular weight excluding hydrogens is 236 g/mol. The van der Waals surface area contributed by atoms with E-state index in [2.05, 4.69) is 5.32 Å². The summed E-state index contributed by atoms with van der Waals surface area (Å²) >= 11 is 0. The van der Waals surface area contributed by atoms with Crippen LogP contribution in [0.15, 0.2) is 0 Å². The summed E-state index contributed by atoms with van der Waals surface area (Å²) < 4.78 is 0. The molecule has 102 valence electrons. The average molecular weight is 256 g/mol. The maximum atomic E-state index is 11.9. The first-order valence-corrected chi connectivity index (χ1v) is 6.29. The zero-order chi connectivity index (χ0) is 13.7. The third-order valence-corrected chi connectivity index (χ3v) is 3.30. The molecule has 1 aliphatic heterocycles. The Kier molecular flexibility index (Phi) is 5.12. The van der Waals surface area contributed by atoms with Crippen molar-refractivity contribution in [2.24, 2.45) is 0 Å². The first-order chi connectivity index (χ1) is 8.45. The lowest BCUT2D eigenvalue weighted by molar-refractivity contribution is -0.138. The van der Waals surface area contributed by atoms with E-state index in [-0.39, 0.29) is 24.9 Å². The van der Waals surface area contributed by atoms with Crippen molar-refractivity contribution in [2.75, 3.05) is 0 Å². The number of aliphatic carboxylic acids is 1. The molecule has 2 atom stereocenters. The van der Waals surface area contributed by atoms with E-state index in [1.165, 1.54) is 0 Å². The largest absolute Gasteiger partial charge is 0.481 e. The number of urea groups is 1. The van der Waals surface area contributed by atoms with Crippen molar-refractivity contribution in [1.29, 1.82) is 0 Å². The molecule has 0 aromatic heterocycles. The number of hydrogen-bond donors (Lipinski definition) is 2. The van der Waals surface area contributed by atoms with Gasteiger partial charge in [-0.15, -0.1) is 0 Å². The van der Waals surface area contributed by atoms with Crippen LogP contribution >= 0.6 is 0 Å². The molecule has 6 heteroatoms. The number of hydrogen-bond acceptors (Lipinski definition) is 3. The van der Waals surface area contributed by atoms with Crippen LogP contribution in [0, 0.1) is 0 Å². The van der Waals surface area contributed by atoms with E-state index in [1.807, 2.05) is 13.8 Å². The van der Waals surface area contributed by atoms with Gasteiger partial charge in [0.05, 0.1) is 6.42 Å². The van der Waals surface area contributed by atoms with E-state index in [4.69, 9.17) is 5.11 Å². The predicted octanol–water partition coefficient (Wildman–Crippen LogP) is 1.35. The highest BCUT2D eigenvalue weighted by molar-refractivity contribution is 5.95. The number of carbonyl (C=O) groups is 3. The molecule has 0 bridgehead atoms. The highest BCUT2D eigenvalue weighted by atomic mass is 16.4. The molecule has 1 heterocycles. The highest BCUT2D eigenvalue weighted by Gasteiger charge is 2.33. The van der Waals surface area contributed by atoms with Gasteiger partial charge >= 0.3 is 12.0 Å². The molecule has 3 amide bonds. The van der Waals surface area contributed by atoms with Crippen LogP contribution < -0.4 is 5.32 Å². The van der Waals surface area contributed by atoms with Crippen LogP contribution in [0.4, 0.5) is 4.79 Å². The third kappa shape index (κ3) is 3.72. The summed E-state index contributed by atoms with van der Waals surface area (Å²) in [6, 6.07) is -0.100. The smallest absolute Gasteiger partial charge is 0.324 e. The van der Waals surface area contributed by atoms with Crippen LogP contribution in [-0.2, 0) is 9.59 Å². The number of amides is 3. The summed E-state index contributed by atoms with van der Waals surface area (Å²) in [5.41, 5.74) is 0. The molecule has 0 saturated carbocycles. The van der Waals surface area contributed by atoms with E-state index in [9.17, 15) is 14.4 Å². The number of carboxylic acids is 1. The van der Waals surface area contributed by atoms with E-state index in [0.717, 1.165) is 19.3 Å². The van der Waals surface area contributed by atoms with Gasteiger partial charge in [0, 0.05) is 18.5 Å². The van der Waals surface area contributed by atoms with E-state index < -0.39 is 17.9 Å². The molecule has 2 N–H and O–H groups in total. The van der Waals surface area contributed by atoms with E-state index >= 15 is 0 Å². The second-order valence-corrected chi connectivity index (χ2v) is 4.64. The fraction of sp³-hybridized carbons (Fsp3) is 0.750. The molecule has 1 saturated heterocycles. The molecule has 1 fully saturated rings. The van der Waals surface area contributed by atoms with Crippen molar-refractivity contribution in [2.45, 2.75) is 58.0 Å². The van der Waals surface area contributed by atoms with Crippen LogP contribution in [-0.4, -0.2) is 40.0 Å². The Labute approximate surface area is 106 Å². The van der Waals surface area contributed by atoms with Crippen LogP contribution in [0.1, 0.15) is 46.0 Å². The summed E-state index contributed by atoms with van der Waals surface area (Å²) in [5.74, 6) is -1.57. The van der Waals surface area contributed by atoms with Gasteiger partial charge in [-0.05, 0) is 26.2 Å². The molecule has 0 spiro atoms. The molecule has 1 aliphatic rings. The number of nitrogens with zero attached hydrogens (tertiary/aromatic N) is 1. The minimum absolute atomic E-state index is 0.127. The summed E-state index contributed by atoms with van der Waals surface area (Å²) in [6.07, 6.45) is 2.33. The first kappa shape index (κ1) is 14.5. The van der Waals surface area contributed by atoms with Crippen molar-refractivity contribution < 1.29 is 19.5 Å². The van der Waals surface area contributed by atoms with Crippen LogP contribution in [0.5, 0.6) is 0 Å². The fourth-order valence-electron chi connectivity index (χ4n) is 2.31. The van der Waals surface area contributed by atoms with Crippen LogP contribution in [0.3, 0.4) is 0 Å². The lowest BCUT2D eigenvalue weighted by Crippen LogP contribution is -2.47.